The van der Waals surface area contributed by atoms with Crippen LogP contribution in [0.25, 0.3) is 0 Å². The Morgan fingerprint density at radius 2 is 1.35 bits per heavy atom. The SMILES string of the molecule is COc1ccc(NCC(O)CN2CCN(CCCC(c3ccc(F)cc3)c3ccc(F)cc3)CC2)cc1. The Hall–Kier alpha value is -3.00. The number of aliphatic hydroxyl groups excluding tert-OH is 1. The first kappa shape index (κ1) is 27.0. The van der Waals surface area contributed by atoms with Crippen molar-refractivity contribution in [3.05, 3.63) is 95.6 Å². The lowest BCUT2D eigenvalue weighted by atomic mass is 9.87. The molecule has 198 valence electrons. The summed E-state index contributed by atoms with van der Waals surface area (Å²) in [5, 5.41) is 13.8. The predicted molar refractivity (Wildman–Crippen MR) is 144 cm³/mol. The van der Waals surface area contributed by atoms with E-state index in [2.05, 4.69) is 15.1 Å². The van der Waals surface area contributed by atoms with Crippen LogP contribution in [0.2, 0.25) is 0 Å². The van der Waals surface area contributed by atoms with Gasteiger partial charge in [-0.1, -0.05) is 24.3 Å². The van der Waals surface area contributed by atoms with Crippen molar-refractivity contribution in [1.29, 1.82) is 0 Å². The summed E-state index contributed by atoms with van der Waals surface area (Å²) in [4.78, 5) is 4.78. The molecule has 1 heterocycles. The molecule has 0 amide bonds. The largest absolute Gasteiger partial charge is 0.497 e. The number of piperazine rings is 1. The van der Waals surface area contributed by atoms with Crippen LogP contribution in [0.4, 0.5) is 14.5 Å². The van der Waals surface area contributed by atoms with Crippen LogP contribution < -0.4 is 10.1 Å². The number of ether oxygens (including phenoxy) is 1. The first-order valence-electron chi connectivity index (χ1n) is 13.0. The Labute approximate surface area is 218 Å². The first-order valence-corrected chi connectivity index (χ1v) is 13.0. The van der Waals surface area contributed by atoms with E-state index in [4.69, 9.17) is 4.74 Å². The summed E-state index contributed by atoms with van der Waals surface area (Å²) in [5.41, 5.74) is 3.06. The van der Waals surface area contributed by atoms with Crippen LogP contribution in [0, 0.1) is 11.6 Å². The number of hydrogen-bond acceptors (Lipinski definition) is 5. The monoisotopic (exact) mass is 509 g/mol. The Morgan fingerprint density at radius 3 is 1.89 bits per heavy atom. The van der Waals surface area contributed by atoms with Crippen molar-refractivity contribution in [3.63, 3.8) is 0 Å². The van der Waals surface area contributed by atoms with Gasteiger partial charge in [-0.05, 0) is 79.0 Å². The van der Waals surface area contributed by atoms with Gasteiger partial charge in [-0.15, -0.1) is 0 Å². The smallest absolute Gasteiger partial charge is 0.123 e. The molecule has 0 aromatic heterocycles. The minimum Gasteiger partial charge on any atom is -0.497 e. The molecule has 4 rings (SSSR count). The van der Waals surface area contributed by atoms with Crippen molar-refractivity contribution in [2.45, 2.75) is 24.9 Å². The highest BCUT2D eigenvalue weighted by Gasteiger charge is 2.20. The molecule has 0 bridgehead atoms. The Morgan fingerprint density at radius 1 is 0.811 bits per heavy atom. The average Bonchev–Trinajstić information content (AvgIpc) is 2.92. The van der Waals surface area contributed by atoms with Gasteiger partial charge < -0.3 is 20.1 Å². The van der Waals surface area contributed by atoms with Gasteiger partial charge in [0.2, 0.25) is 0 Å². The summed E-state index contributed by atoms with van der Waals surface area (Å²) in [6.45, 7) is 5.92. The molecule has 37 heavy (non-hydrogen) atoms. The molecule has 3 aromatic rings. The maximum Gasteiger partial charge on any atom is 0.123 e. The van der Waals surface area contributed by atoms with Crippen LogP contribution in [-0.4, -0.2) is 73.9 Å². The number of halogens is 2. The standard InChI is InChI=1S/C30H37F2N3O2/c1-37-29-14-12-27(13-15-29)33-21-28(36)22-35-19-17-34(18-20-35)16-2-3-30(23-4-8-25(31)9-5-23)24-6-10-26(32)11-7-24/h4-15,28,30,33,36H,2-3,16-22H2,1H3. The second-order valence-corrected chi connectivity index (χ2v) is 9.70. The molecule has 0 saturated carbocycles. The lowest BCUT2D eigenvalue weighted by Gasteiger charge is -2.36. The first-order chi connectivity index (χ1) is 18.0. The molecule has 1 unspecified atom stereocenters. The highest BCUT2D eigenvalue weighted by atomic mass is 19.1. The van der Waals surface area contributed by atoms with Crippen molar-refractivity contribution in [3.8, 4) is 5.75 Å². The zero-order chi connectivity index (χ0) is 26.0. The van der Waals surface area contributed by atoms with Gasteiger partial charge in [0.1, 0.15) is 17.4 Å². The number of rotatable bonds is 12. The zero-order valence-corrected chi connectivity index (χ0v) is 21.5. The van der Waals surface area contributed by atoms with Gasteiger partial charge >= 0.3 is 0 Å². The van der Waals surface area contributed by atoms with Crippen LogP contribution in [0.5, 0.6) is 5.75 Å². The van der Waals surface area contributed by atoms with Crippen LogP contribution in [0.15, 0.2) is 72.8 Å². The van der Waals surface area contributed by atoms with Gasteiger partial charge in [-0.25, -0.2) is 8.78 Å². The van der Waals surface area contributed by atoms with Gasteiger partial charge in [-0.2, -0.15) is 0 Å². The number of benzene rings is 3. The van der Waals surface area contributed by atoms with Crippen LogP contribution in [0.3, 0.4) is 0 Å². The molecule has 0 radical (unpaired) electrons. The summed E-state index contributed by atoms with van der Waals surface area (Å²) < 4.78 is 32.1. The summed E-state index contributed by atoms with van der Waals surface area (Å²) in [5.74, 6) is 0.420. The second kappa shape index (κ2) is 13.5. The van der Waals surface area contributed by atoms with E-state index in [1.54, 1.807) is 7.11 Å². The van der Waals surface area contributed by atoms with Crippen LogP contribution in [0.1, 0.15) is 29.9 Å². The molecule has 2 N–H and O–H groups in total. The topological polar surface area (TPSA) is 48.0 Å². The number of hydrogen-bond donors (Lipinski definition) is 2. The lowest BCUT2D eigenvalue weighted by Crippen LogP contribution is -2.49. The fourth-order valence-corrected chi connectivity index (χ4v) is 4.94. The molecule has 1 aliphatic rings. The van der Waals surface area contributed by atoms with E-state index in [0.29, 0.717) is 13.1 Å². The summed E-state index contributed by atoms with van der Waals surface area (Å²) in [6.07, 6.45) is 1.46. The van der Waals surface area contributed by atoms with Gasteiger partial charge in [0.05, 0.1) is 13.2 Å². The molecule has 1 saturated heterocycles. The van der Waals surface area contributed by atoms with E-state index in [0.717, 1.165) is 68.1 Å². The lowest BCUT2D eigenvalue weighted by molar-refractivity contribution is 0.0776. The number of nitrogens with one attached hydrogen (secondary N) is 1. The van der Waals surface area contributed by atoms with Crippen LogP contribution >= 0.6 is 0 Å². The fraction of sp³-hybridized carbons (Fsp3) is 0.400. The van der Waals surface area contributed by atoms with Crippen molar-refractivity contribution in [1.82, 2.24) is 9.80 Å². The quantitative estimate of drug-likeness (QED) is 0.361. The van der Waals surface area contributed by atoms with Gasteiger partial charge in [-0.3, -0.25) is 4.90 Å². The molecule has 1 fully saturated rings. The molecule has 0 spiro atoms. The normalized spacial score (nSPS) is 15.6. The maximum absolute atomic E-state index is 13.5. The molecule has 5 nitrogen and oxygen atoms in total. The third-order valence-electron chi connectivity index (χ3n) is 7.08. The van der Waals surface area contributed by atoms with Gasteiger partial charge in [0.25, 0.3) is 0 Å². The van der Waals surface area contributed by atoms with Crippen LogP contribution in [-0.2, 0) is 0 Å². The zero-order valence-electron chi connectivity index (χ0n) is 21.5. The molecule has 1 atom stereocenters. The molecule has 3 aromatic carbocycles. The van der Waals surface area contributed by atoms with Crippen molar-refractivity contribution < 1.29 is 18.6 Å². The number of methoxy groups -OCH3 is 1. The van der Waals surface area contributed by atoms with E-state index >= 15 is 0 Å². The number of aliphatic hydroxyl groups is 1. The summed E-state index contributed by atoms with van der Waals surface area (Å²) in [7, 11) is 1.64. The molecule has 7 heteroatoms. The Bertz CT molecular complexity index is 1020. The maximum atomic E-state index is 13.5. The number of β-amino-alcohol motifs (C(OH)–C–C–N with tert-alkyl or cyclic N) is 1. The molecular weight excluding hydrogens is 472 g/mol. The Balaban J connectivity index is 1.19. The van der Waals surface area contributed by atoms with Crippen molar-refractivity contribution >= 4 is 5.69 Å². The number of nitrogens with zero attached hydrogens (tertiary/aromatic N) is 2. The van der Waals surface area contributed by atoms with Crippen molar-refractivity contribution in [2.75, 3.05) is 58.2 Å². The van der Waals surface area contributed by atoms with Gasteiger partial charge in [0.15, 0.2) is 0 Å². The van der Waals surface area contributed by atoms with E-state index in [1.165, 1.54) is 24.3 Å². The Kier molecular flexibility index (Phi) is 9.88. The minimum atomic E-state index is -0.444. The molecule has 1 aliphatic heterocycles. The second-order valence-electron chi connectivity index (χ2n) is 9.70. The van der Waals surface area contributed by atoms with E-state index in [9.17, 15) is 13.9 Å². The van der Waals surface area contributed by atoms with Gasteiger partial charge in [0, 0.05) is 50.9 Å². The predicted octanol–water partition coefficient (Wildman–Crippen LogP) is 4.98. The minimum absolute atomic E-state index is 0.107. The average molecular weight is 510 g/mol. The molecule has 0 aliphatic carbocycles. The van der Waals surface area contributed by atoms with E-state index in [1.807, 2.05) is 48.5 Å². The number of anilines is 1. The highest BCUT2D eigenvalue weighted by molar-refractivity contribution is 5.46. The van der Waals surface area contributed by atoms with E-state index in [-0.39, 0.29) is 17.6 Å². The third-order valence-corrected chi connectivity index (χ3v) is 7.08. The summed E-state index contributed by atoms with van der Waals surface area (Å²) >= 11 is 0. The highest BCUT2D eigenvalue weighted by Crippen LogP contribution is 2.30. The van der Waals surface area contributed by atoms with E-state index < -0.39 is 6.10 Å². The van der Waals surface area contributed by atoms with Crippen molar-refractivity contribution in [2.24, 2.45) is 0 Å². The molecular formula is C30H37F2N3O2. The summed E-state index contributed by atoms with van der Waals surface area (Å²) in [6, 6.07) is 21.0. The third kappa shape index (κ3) is 8.25. The fourth-order valence-electron chi connectivity index (χ4n) is 4.94.